The van der Waals surface area contributed by atoms with E-state index in [-0.39, 0.29) is 38.3 Å². The predicted molar refractivity (Wildman–Crippen MR) is 128 cm³/mol. The Morgan fingerprint density at radius 1 is 0.735 bits per heavy atom. The van der Waals surface area contributed by atoms with Gasteiger partial charge in [-0.1, -0.05) is 69.3 Å². The second-order valence-electron chi connectivity index (χ2n) is 9.61. The summed E-state index contributed by atoms with van der Waals surface area (Å²) < 4.78 is 59.0. The minimum atomic E-state index is -4.70. The molecule has 5 aromatic rings. The van der Waals surface area contributed by atoms with Gasteiger partial charge in [-0.2, -0.15) is 18.3 Å². The van der Waals surface area contributed by atoms with Gasteiger partial charge >= 0.3 is 6.18 Å². The van der Waals surface area contributed by atoms with Crippen molar-refractivity contribution in [1.82, 2.24) is 10.2 Å². The Morgan fingerprint density at radius 3 is 2.00 bits per heavy atom. The number of aromatic nitrogens is 2. The van der Waals surface area contributed by atoms with Crippen LogP contribution in [0.15, 0.2) is 60.7 Å². The first-order valence-corrected chi connectivity index (χ1v) is 11.0. The van der Waals surface area contributed by atoms with Gasteiger partial charge in [0.15, 0.2) is 0 Å². The molecule has 0 aliphatic heterocycles. The quantitative estimate of drug-likeness (QED) is 0.185. The van der Waals surface area contributed by atoms with Crippen molar-refractivity contribution >= 4 is 32.3 Å². The number of rotatable bonds is 1. The molecule has 0 saturated heterocycles. The second-order valence-corrected chi connectivity index (χ2v) is 9.61. The van der Waals surface area contributed by atoms with E-state index in [0.717, 1.165) is 16.3 Å². The zero-order valence-corrected chi connectivity index (χ0v) is 19.2. The average Bonchev–Trinajstić information content (AvgIpc) is 2.77. The van der Waals surface area contributed by atoms with Gasteiger partial charge in [0.2, 0.25) is 0 Å². The summed E-state index contributed by atoms with van der Waals surface area (Å²) in [5.41, 5.74) is 0.520. The molecule has 0 fully saturated rings. The van der Waals surface area contributed by atoms with Crippen molar-refractivity contribution in [1.29, 1.82) is 0 Å². The standard InChI is InChI=1S/C28H22F4N2/c1-15-22-23(25(29)20-12-8-7-11-19(20)24(22)28(30,31)32)26(34-33-15)17-13-16-9-5-6-10-18(16)21(14-17)27(2,3)4/h5-14H,1-4H3. The fourth-order valence-electron chi connectivity index (χ4n) is 4.77. The lowest BCUT2D eigenvalue weighted by Crippen LogP contribution is -2.13. The maximum atomic E-state index is 16.0. The van der Waals surface area contributed by atoms with E-state index in [1.54, 1.807) is 0 Å². The van der Waals surface area contributed by atoms with Crippen LogP contribution in [0, 0.1) is 12.7 Å². The van der Waals surface area contributed by atoms with Crippen LogP contribution in [0.4, 0.5) is 17.6 Å². The van der Waals surface area contributed by atoms with Crippen LogP contribution >= 0.6 is 0 Å². The highest BCUT2D eigenvalue weighted by Crippen LogP contribution is 2.45. The van der Waals surface area contributed by atoms with Gasteiger partial charge in [0.05, 0.1) is 11.3 Å². The first kappa shape index (κ1) is 22.3. The normalized spacial score (nSPS) is 12.7. The summed E-state index contributed by atoms with van der Waals surface area (Å²) in [6.07, 6.45) is -4.70. The Bertz CT molecular complexity index is 1590. The van der Waals surface area contributed by atoms with E-state index < -0.39 is 17.6 Å². The average molecular weight is 462 g/mol. The Kier molecular flexibility index (Phi) is 4.90. The minimum Gasteiger partial charge on any atom is -0.206 e. The lowest BCUT2D eigenvalue weighted by molar-refractivity contribution is -0.135. The van der Waals surface area contributed by atoms with Crippen molar-refractivity contribution in [3.05, 3.63) is 83.3 Å². The molecule has 0 spiro atoms. The highest BCUT2D eigenvalue weighted by atomic mass is 19.4. The monoisotopic (exact) mass is 462 g/mol. The van der Waals surface area contributed by atoms with Gasteiger partial charge in [-0.05, 0) is 46.2 Å². The molecule has 0 atom stereocenters. The smallest absolute Gasteiger partial charge is 0.206 e. The number of hydrogen-bond donors (Lipinski definition) is 0. The Labute approximate surface area is 194 Å². The second kappa shape index (κ2) is 7.49. The minimum absolute atomic E-state index is 0.0348. The highest BCUT2D eigenvalue weighted by molar-refractivity contribution is 6.09. The predicted octanol–water partition coefficient (Wildman–Crippen LogP) is 8.37. The van der Waals surface area contributed by atoms with Crippen LogP contribution < -0.4 is 0 Å². The molecular weight excluding hydrogens is 440 g/mol. The van der Waals surface area contributed by atoms with Crippen molar-refractivity contribution in [2.45, 2.75) is 39.3 Å². The van der Waals surface area contributed by atoms with Crippen molar-refractivity contribution in [3.8, 4) is 11.3 Å². The number of hydrogen-bond acceptors (Lipinski definition) is 2. The molecule has 0 bridgehead atoms. The fourth-order valence-corrected chi connectivity index (χ4v) is 4.77. The maximum Gasteiger partial charge on any atom is 0.417 e. The molecule has 172 valence electrons. The topological polar surface area (TPSA) is 25.8 Å². The molecule has 1 aromatic heterocycles. The zero-order valence-electron chi connectivity index (χ0n) is 19.2. The molecule has 0 saturated carbocycles. The molecule has 0 unspecified atom stereocenters. The molecule has 4 aromatic carbocycles. The SMILES string of the molecule is Cc1nnc(-c2cc(C(C)(C)C)c3ccccc3c2)c2c(F)c3ccccc3c(C(F)(F)F)c12. The summed E-state index contributed by atoms with van der Waals surface area (Å²) in [6, 6.07) is 17.2. The van der Waals surface area contributed by atoms with Crippen LogP contribution in [0.2, 0.25) is 0 Å². The summed E-state index contributed by atoms with van der Waals surface area (Å²) in [7, 11) is 0. The number of benzene rings is 4. The molecular formula is C28H22F4N2. The van der Waals surface area contributed by atoms with E-state index in [0.29, 0.717) is 5.56 Å². The van der Waals surface area contributed by atoms with Crippen LogP contribution in [-0.2, 0) is 11.6 Å². The summed E-state index contributed by atoms with van der Waals surface area (Å²) >= 11 is 0. The molecule has 0 aliphatic rings. The number of nitrogens with zero attached hydrogens (tertiary/aromatic N) is 2. The molecule has 0 amide bonds. The van der Waals surface area contributed by atoms with E-state index in [4.69, 9.17) is 0 Å². The van der Waals surface area contributed by atoms with Gasteiger partial charge in [-0.3, -0.25) is 0 Å². The van der Waals surface area contributed by atoms with Gasteiger partial charge in [-0.25, -0.2) is 4.39 Å². The van der Waals surface area contributed by atoms with E-state index in [1.807, 2.05) is 36.4 Å². The van der Waals surface area contributed by atoms with Crippen LogP contribution in [-0.4, -0.2) is 10.2 Å². The van der Waals surface area contributed by atoms with Gasteiger partial charge < -0.3 is 0 Å². The first-order valence-electron chi connectivity index (χ1n) is 11.0. The van der Waals surface area contributed by atoms with Crippen LogP contribution in [0.1, 0.15) is 37.6 Å². The van der Waals surface area contributed by atoms with Gasteiger partial charge in [0.25, 0.3) is 0 Å². The largest absolute Gasteiger partial charge is 0.417 e. The van der Waals surface area contributed by atoms with Crippen molar-refractivity contribution in [3.63, 3.8) is 0 Å². The van der Waals surface area contributed by atoms with Gasteiger partial charge in [0.1, 0.15) is 11.5 Å². The Hall–Kier alpha value is -3.54. The van der Waals surface area contributed by atoms with Crippen LogP contribution in [0.25, 0.3) is 43.6 Å². The van der Waals surface area contributed by atoms with Gasteiger partial charge in [0, 0.05) is 21.7 Å². The Morgan fingerprint density at radius 2 is 1.35 bits per heavy atom. The zero-order chi connectivity index (χ0) is 24.4. The lowest BCUT2D eigenvalue weighted by Gasteiger charge is -2.23. The molecule has 6 heteroatoms. The molecule has 0 N–H and O–H groups in total. The summed E-state index contributed by atoms with van der Waals surface area (Å²) in [5.74, 6) is -0.725. The molecule has 5 rings (SSSR count). The number of fused-ring (bicyclic) bond motifs is 3. The summed E-state index contributed by atoms with van der Waals surface area (Å²) in [4.78, 5) is 0. The van der Waals surface area contributed by atoms with E-state index >= 15 is 4.39 Å². The third kappa shape index (κ3) is 3.40. The first-order chi connectivity index (χ1) is 16.0. The molecule has 2 nitrogen and oxygen atoms in total. The number of halogens is 4. The molecule has 34 heavy (non-hydrogen) atoms. The molecule has 0 aliphatic carbocycles. The third-order valence-electron chi connectivity index (χ3n) is 6.28. The Balaban J connectivity index is 1.99. The van der Waals surface area contributed by atoms with Gasteiger partial charge in [-0.15, -0.1) is 5.10 Å². The molecule has 1 heterocycles. The van der Waals surface area contributed by atoms with Crippen LogP contribution in [0.3, 0.4) is 0 Å². The number of alkyl halides is 3. The van der Waals surface area contributed by atoms with Crippen molar-refractivity contribution < 1.29 is 17.6 Å². The van der Waals surface area contributed by atoms with E-state index in [2.05, 4.69) is 31.0 Å². The highest BCUT2D eigenvalue weighted by Gasteiger charge is 2.37. The molecule has 0 radical (unpaired) electrons. The van der Waals surface area contributed by atoms with Crippen molar-refractivity contribution in [2.75, 3.05) is 0 Å². The van der Waals surface area contributed by atoms with Crippen LogP contribution in [0.5, 0.6) is 0 Å². The van der Waals surface area contributed by atoms with Crippen molar-refractivity contribution in [2.24, 2.45) is 0 Å². The fraction of sp³-hybridized carbons (Fsp3) is 0.214. The summed E-state index contributed by atoms with van der Waals surface area (Å²) in [5, 5.41) is 9.55. The van der Waals surface area contributed by atoms with E-state index in [9.17, 15) is 13.2 Å². The lowest BCUT2D eigenvalue weighted by atomic mass is 9.82. The summed E-state index contributed by atoms with van der Waals surface area (Å²) in [6.45, 7) is 7.62. The third-order valence-corrected chi connectivity index (χ3v) is 6.28. The maximum absolute atomic E-state index is 16.0. The number of aryl methyl sites for hydroxylation is 1. The van der Waals surface area contributed by atoms with E-state index in [1.165, 1.54) is 31.2 Å².